The van der Waals surface area contributed by atoms with Gasteiger partial charge in [-0.1, -0.05) is 13.3 Å². The van der Waals surface area contributed by atoms with E-state index in [-0.39, 0.29) is 6.61 Å². The van der Waals surface area contributed by atoms with Crippen molar-refractivity contribution in [2.45, 2.75) is 33.1 Å². The van der Waals surface area contributed by atoms with Crippen molar-refractivity contribution in [1.82, 2.24) is 5.48 Å². The molecule has 0 rings (SSSR count). The molecule has 13 heavy (non-hydrogen) atoms. The minimum atomic E-state index is -0.743. The summed E-state index contributed by atoms with van der Waals surface area (Å²) in [7, 11) is 0. The summed E-state index contributed by atoms with van der Waals surface area (Å²) < 4.78 is 4.47. The Labute approximate surface area is 77.3 Å². The van der Waals surface area contributed by atoms with E-state index in [0.29, 0.717) is 6.42 Å². The van der Waals surface area contributed by atoms with E-state index >= 15 is 0 Å². The van der Waals surface area contributed by atoms with Crippen LogP contribution < -0.4 is 5.48 Å². The number of hydrogen-bond acceptors (Lipinski definition) is 4. The summed E-state index contributed by atoms with van der Waals surface area (Å²) in [5.41, 5.74) is 1.88. The minimum Gasteiger partial charge on any atom is -0.448 e. The van der Waals surface area contributed by atoms with Crippen LogP contribution in [-0.4, -0.2) is 18.7 Å². The highest BCUT2D eigenvalue weighted by Gasteiger charge is 2.05. The van der Waals surface area contributed by atoms with Crippen LogP contribution in [-0.2, 0) is 14.4 Å². The number of rotatable bonds is 4. The lowest BCUT2D eigenvalue weighted by Crippen LogP contribution is -2.27. The fraction of sp³-hybridized carbons (Fsp3) is 0.750. The smallest absolute Gasteiger partial charge is 0.440 e. The number of hydroxylamine groups is 1. The summed E-state index contributed by atoms with van der Waals surface area (Å²) in [5.74, 6) is -0.449. The Morgan fingerprint density at radius 2 is 2.00 bits per heavy atom. The molecule has 76 valence electrons. The van der Waals surface area contributed by atoms with Crippen LogP contribution in [0.4, 0.5) is 4.79 Å². The summed E-state index contributed by atoms with van der Waals surface area (Å²) >= 11 is 0. The van der Waals surface area contributed by atoms with Gasteiger partial charge < -0.3 is 9.57 Å². The monoisotopic (exact) mass is 189 g/mol. The minimum absolute atomic E-state index is 0.248. The van der Waals surface area contributed by atoms with Crippen molar-refractivity contribution in [3.05, 3.63) is 0 Å². The fourth-order valence-electron chi connectivity index (χ4n) is 0.631. The molecule has 0 unspecified atom stereocenters. The van der Waals surface area contributed by atoms with Crippen LogP contribution in [0.2, 0.25) is 0 Å². The normalized spacial score (nSPS) is 9.08. The molecule has 0 aromatic carbocycles. The number of carbonyl (C=O) groups is 2. The van der Waals surface area contributed by atoms with Gasteiger partial charge in [0.2, 0.25) is 0 Å². The Kier molecular flexibility index (Phi) is 6.68. The lowest BCUT2D eigenvalue weighted by molar-refractivity contribution is -0.149. The summed E-state index contributed by atoms with van der Waals surface area (Å²) in [4.78, 5) is 25.8. The molecule has 0 aromatic rings. The quantitative estimate of drug-likeness (QED) is 0.678. The van der Waals surface area contributed by atoms with Crippen molar-refractivity contribution >= 4 is 12.1 Å². The zero-order chi connectivity index (χ0) is 10.1. The third-order valence-corrected chi connectivity index (χ3v) is 1.26. The average molecular weight is 189 g/mol. The van der Waals surface area contributed by atoms with E-state index in [2.05, 4.69) is 9.57 Å². The average Bonchev–Trinajstić information content (AvgIpc) is 2.12. The lowest BCUT2D eigenvalue weighted by atomic mass is 10.3. The summed E-state index contributed by atoms with van der Waals surface area (Å²) in [6, 6.07) is 0. The van der Waals surface area contributed by atoms with Gasteiger partial charge in [-0.3, -0.25) is 0 Å². The highest BCUT2D eigenvalue weighted by Crippen LogP contribution is 1.94. The maximum Gasteiger partial charge on any atom is 0.440 e. The van der Waals surface area contributed by atoms with E-state index in [1.165, 1.54) is 0 Å². The molecule has 0 aliphatic heterocycles. The Morgan fingerprint density at radius 1 is 1.31 bits per heavy atom. The maximum atomic E-state index is 10.8. The Balaban J connectivity index is 3.40. The van der Waals surface area contributed by atoms with Gasteiger partial charge in [-0.25, -0.2) is 9.59 Å². The maximum absolute atomic E-state index is 10.8. The molecule has 5 heteroatoms. The van der Waals surface area contributed by atoms with E-state index in [1.807, 2.05) is 12.4 Å². The molecule has 5 nitrogen and oxygen atoms in total. The van der Waals surface area contributed by atoms with Gasteiger partial charge in [0.05, 0.1) is 6.61 Å². The van der Waals surface area contributed by atoms with Crippen molar-refractivity contribution in [3.8, 4) is 0 Å². The predicted molar refractivity (Wildman–Crippen MR) is 45.8 cm³/mol. The van der Waals surface area contributed by atoms with Gasteiger partial charge in [0.25, 0.3) is 0 Å². The van der Waals surface area contributed by atoms with E-state index in [1.54, 1.807) is 6.92 Å². The van der Waals surface area contributed by atoms with Crippen LogP contribution in [0.1, 0.15) is 33.1 Å². The second-order valence-corrected chi connectivity index (χ2v) is 2.40. The van der Waals surface area contributed by atoms with Gasteiger partial charge in [-0.05, 0) is 13.3 Å². The Hall–Kier alpha value is -1.26. The Bertz CT molecular complexity index is 170. The van der Waals surface area contributed by atoms with Gasteiger partial charge in [0.15, 0.2) is 0 Å². The van der Waals surface area contributed by atoms with Crippen LogP contribution in [0.25, 0.3) is 0 Å². The van der Waals surface area contributed by atoms with Crippen molar-refractivity contribution in [1.29, 1.82) is 0 Å². The molecule has 0 saturated carbocycles. The molecule has 0 aromatic heterocycles. The number of nitrogens with one attached hydrogen (secondary N) is 1. The zero-order valence-electron chi connectivity index (χ0n) is 7.96. The number of hydrogen-bond donors (Lipinski definition) is 1. The molecule has 0 radical (unpaired) electrons. The molecule has 0 heterocycles. The Morgan fingerprint density at radius 3 is 2.54 bits per heavy atom. The van der Waals surface area contributed by atoms with Gasteiger partial charge in [0, 0.05) is 6.42 Å². The summed E-state index contributed by atoms with van der Waals surface area (Å²) in [5, 5.41) is 0. The van der Waals surface area contributed by atoms with Gasteiger partial charge in [-0.2, -0.15) is 0 Å². The first kappa shape index (κ1) is 11.7. The number of unbranched alkanes of at least 4 members (excludes halogenated alkanes) is 1. The number of ether oxygens (including phenoxy) is 1. The van der Waals surface area contributed by atoms with Gasteiger partial charge >= 0.3 is 12.1 Å². The lowest BCUT2D eigenvalue weighted by Gasteiger charge is -2.04. The molecule has 0 atom stereocenters. The number of carbonyl (C=O) groups excluding carboxylic acids is 2. The molecule has 0 aliphatic carbocycles. The predicted octanol–water partition coefficient (Wildman–Crippen LogP) is 1.38. The zero-order valence-corrected chi connectivity index (χ0v) is 7.96. The summed E-state index contributed by atoms with van der Waals surface area (Å²) in [6.07, 6.45) is 1.23. The molecule has 0 fully saturated rings. The molecular weight excluding hydrogens is 174 g/mol. The molecular formula is C8H15NO4. The van der Waals surface area contributed by atoms with Crippen LogP contribution in [0.3, 0.4) is 0 Å². The van der Waals surface area contributed by atoms with Crippen molar-refractivity contribution in [2.75, 3.05) is 6.61 Å². The second-order valence-electron chi connectivity index (χ2n) is 2.40. The molecule has 1 N–H and O–H groups in total. The molecule has 0 spiro atoms. The van der Waals surface area contributed by atoms with Gasteiger partial charge in [-0.15, -0.1) is 5.48 Å². The highest BCUT2D eigenvalue weighted by atomic mass is 16.7. The first-order valence-corrected chi connectivity index (χ1v) is 4.33. The standard InChI is InChI=1S/C8H15NO4/c1-3-5-6-7(10)13-9-8(11)12-4-2/h3-6H2,1-2H3,(H,9,11). The molecule has 1 amide bonds. The fourth-order valence-corrected chi connectivity index (χ4v) is 0.631. The molecule has 0 aliphatic rings. The SMILES string of the molecule is CCCCC(=O)ONC(=O)OCC. The van der Waals surface area contributed by atoms with Crippen molar-refractivity contribution < 1.29 is 19.2 Å². The third kappa shape index (κ3) is 7.11. The largest absolute Gasteiger partial charge is 0.448 e. The first-order chi connectivity index (χ1) is 6.20. The third-order valence-electron chi connectivity index (χ3n) is 1.26. The van der Waals surface area contributed by atoms with Crippen molar-refractivity contribution in [3.63, 3.8) is 0 Å². The highest BCUT2D eigenvalue weighted by molar-refractivity contribution is 5.72. The van der Waals surface area contributed by atoms with Crippen LogP contribution in [0, 0.1) is 0 Å². The second kappa shape index (κ2) is 7.39. The summed E-state index contributed by atoms with van der Waals surface area (Å²) in [6.45, 7) is 3.88. The topological polar surface area (TPSA) is 64.6 Å². The molecule has 0 saturated heterocycles. The molecule has 0 bridgehead atoms. The first-order valence-electron chi connectivity index (χ1n) is 4.33. The van der Waals surface area contributed by atoms with Crippen LogP contribution in [0.15, 0.2) is 0 Å². The van der Waals surface area contributed by atoms with Crippen molar-refractivity contribution in [2.24, 2.45) is 0 Å². The van der Waals surface area contributed by atoms with E-state index < -0.39 is 12.1 Å². The van der Waals surface area contributed by atoms with E-state index in [4.69, 9.17) is 0 Å². The van der Waals surface area contributed by atoms with E-state index in [9.17, 15) is 9.59 Å². The van der Waals surface area contributed by atoms with E-state index in [0.717, 1.165) is 12.8 Å². The van der Waals surface area contributed by atoms with Crippen LogP contribution in [0.5, 0.6) is 0 Å². The van der Waals surface area contributed by atoms with Gasteiger partial charge in [0.1, 0.15) is 0 Å². The number of amides is 1. The van der Waals surface area contributed by atoms with Crippen LogP contribution >= 0.6 is 0 Å².